The van der Waals surface area contributed by atoms with Gasteiger partial charge >= 0.3 is 0 Å². The molecule has 1 N–H and O–H groups in total. The first kappa shape index (κ1) is 18.4. The third-order valence-corrected chi connectivity index (χ3v) is 5.41. The van der Waals surface area contributed by atoms with E-state index in [0.29, 0.717) is 16.5 Å². The first-order valence-corrected chi connectivity index (χ1v) is 9.67. The molecule has 28 heavy (non-hydrogen) atoms. The molecule has 9 heteroatoms. The van der Waals surface area contributed by atoms with Crippen molar-refractivity contribution in [2.24, 2.45) is 0 Å². The molecule has 142 valence electrons. The molecule has 2 aromatic carbocycles. The Morgan fingerprint density at radius 1 is 1.21 bits per heavy atom. The highest BCUT2D eigenvalue weighted by atomic mass is 35.5. The highest BCUT2D eigenvalue weighted by molar-refractivity contribution is 7.19. The predicted octanol–water partition coefficient (Wildman–Crippen LogP) is 4.14. The normalized spacial score (nSPS) is 11.0. The van der Waals surface area contributed by atoms with Crippen LogP contribution in [0.25, 0.3) is 15.5 Å². The number of benzene rings is 2. The number of carbonyl (C=O) groups is 1. The molecule has 0 spiro atoms. The Balaban J connectivity index is 1.43. The molecule has 0 unspecified atom stereocenters. The van der Waals surface area contributed by atoms with Gasteiger partial charge in [-0.1, -0.05) is 35.1 Å². The van der Waals surface area contributed by atoms with Crippen molar-refractivity contribution in [2.75, 3.05) is 11.9 Å². The summed E-state index contributed by atoms with van der Waals surface area (Å²) < 4.78 is 7.24. The van der Waals surface area contributed by atoms with Crippen molar-refractivity contribution >= 4 is 39.5 Å². The SMILES string of the molecule is Cc1cc(OCC(=O)Nc2cccc(-c3nn4c(C)nnc4s3)c2)ccc1Cl. The quantitative estimate of drug-likeness (QED) is 0.531. The third kappa shape index (κ3) is 3.83. The van der Waals surface area contributed by atoms with Crippen molar-refractivity contribution in [1.82, 2.24) is 19.8 Å². The number of hydrogen-bond donors (Lipinski definition) is 1. The third-order valence-electron chi connectivity index (χ3n) is 4.04. The van der Waals surface area contributed by atoms with Gasteiger partial charge in [0.2, 0.25) is 4.96 Å². The number of fused-ring (bicyclic) bond motifs is 1. The number of halogens is 1. The fourth-order valence-corrected chi connectivity index (χ4v) is 3.61. The fraction of sp³-hybridized carbons (Fsp3) is 0.158. The summed E-state index contributed by atoms with van der Waals surface area (Å²) in [4.78, 5) is 13.0. The van der Waals surface area contributed by atoms with Gasteiger partial charge in [-0.2, -0.15) is 9.61 Å². The van der Waals surface area contributed by atoms with E-state index in [9.17, 15) is 4.79 Å². The highest BCUT2D eigenvalue weighted by Crippen LogP contribution is 2.27. The average molecular weight is 414 g/mol. The first-order chi connectivity index (χ1) is 13.5. The summed E-state index contributed by atoms with van der Waals surface area (Å²) in [5.41, 5.74) is 2.45. The lowest BCUT2D eigenvalue weighted by molar-refractivity contribution is -0.118. The van der Waals surface area contributed by atoms with Gasteiger partial charge in [0, 0.05) is 16.3 Å². The smallest absolute Gasteiger partial charge is 0.262 e. The van der Waals surface area contributed by atoms with Crippen LogP contribution in [0.15, 0.2) is 42.5 Å². The van der Waals surface area contributed by atoms with Crippen LogP contribution in [0.4, 0.5) is 5.69 Å². The van der Waals surface area contributed by atoms with Crippen LogP contribution in [0, 0.1) is 13.8 Å². The van der Waals surface area contributed by atoms with Crippen molar-refractivity contribution < 1.29 is 9.53 Å². The van der Waals surface area contributed by atoms with Gasteiger partial charge in [0.1, 0.15) is 10.8 Å². The van der Waals surface area contributed by atoms with Crippen LogP contribution < -0.4 is 10.1 Å². The number of ether oxygens (including phenoxy) is 1. The first-order valence-electron chi connectivity index (χ1n) is 8.48. The number of hydrogen-bond acceptors (Lipinski definition) is 6. The van der Waals surface area contributed by atoms with Gasteiger partial charge in [-0.3, -0.25) is 4.79 Å². The molecule has 7 nitrogen and oxygen atoms in total. The van der Waals surface area contributed by atoms with E-state index in [-0.39, 0.29) is 12.5 Å². The van der Waals surface area contributed by atoms with Crippen LogP contribution in [0.2, 0.25) is 5.02 Å². The molecule has 1 amide bonds. The molecule has 0 saturated heterocycles. The number of amides is 1. The van der Waals surface area contributed by atoms with E-state index < -0.39 is 0 Å². The van der Waals surface area contributed by atoms with Crippen molar-refractivity contribution in [3.8, 4) is 16.3 Å². The number of aryl methyl sites for hydroxylation is 2. The van der Waals surface area contributed by atoms with Gasteiger partial charge in [0.05, 0.1) is 0 Å². The van der Waals surface area contributed by atoms with Gasteiger partial charge in [0.25, 0.3) is 5.91 Å². The molecule has 2 aromatic heterocycles. The average Bonchev–Trinajstić information content (AvgIpc) is 3.25. The zero-order valence-corrected chi connectivity index (χ0v) is 16.7. The van der Waals surface area contributed by atoms with E-state index >= 15 is 0 Å². The minimum atomic E-state index is -0.251. The number of carbonyl (C=O) groups excluding carboxylic acids is 1. The van der Waals surface area contributed by atoms with E-state index in [2.05, 4.69) is 20.6 Å². The lowest BCUT2D eigenvalue weighted by atomic mass is 10.2. The molecule has 0 fully saturated rings. The molecule has 2 heterocycles. The van der Waals surface area contributed by atoms with Crippen LogP contribution in [-0.2, 0) is 4.79 Å². The van der Waals surface area contributed by atoms with E-state index in [1.807, 2.05) is 38.1 Å². The van der Waals surface area contributed by atoms with Crippen molar-refractivity contribution in [3.05, 3.63) is 58.9 Å². The molecule has 4 rings (SSSR count). The summed E-state index contributed by atoms with van der Waals surface area (Å²) in [6.07, 6.45) is 0. The maximum absolute atomic E-state index is 12.2. The monoisotopic (exact) mass is 413 g/mol. The fourth-order valence-electron chi connectivity index (χ4n) is 2.61. The second-order valence-electron chi connectivity index (χ2n) is 6.18. The topological polar surface area (TPSA) is 81.4 Å². The van der Waals surface area contributed by atoms with E-state index in [0.717, 1.165) is 26.9 Å². The molecular formula is C19H16ClN5O2S. The summed E-state index contributed by atoms with van der Waals surface area (Å²) in [5.74, 6) is 1.08. The Bertz CT molecular complexity index is 1170. The van der Waals surface area contributed by atoms with Gasteiger partial charge in [-0.25, -0.2) is 0 Å². The standard InChI is InChI=1S/C19H16ClN5O2S/c1-11-8-15(6-7-16(11)20)27-10-17(26)21-14-5-3-4-13(9-14)18-24-25-12(2)22-23-19(25)28-18/h3-9H,10H2,1-2H3,(H,21,26). The Morgan fingerprint density at radius 2 is 2.07 bits per heavy atom. The van der Waals surface area contributed by atoms with Gasteiger partial charge < -0.3 is 10.1 Å². The minimum absolute atomic E-state index is 0.0960. The van der Waals surface area contributed by atoms with E-state index in [1.165, 1.54) is 11.3 Å². The summed E-state index contributed by atoms with van der Waals surface area (Å²) >= 11 is 7.43. The summed E-state index contributed by atoms with van der Waals surface area (Å²) in [6.45, 7) is 3.64. The van der Waals surface area contributed by atoms with Crippen LogP contribution in [0.1, 0.15) is 11.4 Å². The van der Waals surface area contributed by atoms with Gasteiger partial charge in [-0.05, 0) is 49.7 Å². The van der Waals surface area contributed by atoms with Crippen molar-refractivity contribution in [1.29, 1.82) is 0 Å². The van der Waals surface area contributed by atoms with Gasteiger partial charge in [-0.15, -0.1) is 10.2 Å². The summed E-state index contributed by atoms with van der Waals surface area (Å²) in [6, 6.07) is 12.8. The lowest BCUT2D eigenvalue weighted by Gasteiger charge is -2.09. The molecule has 4 aromatic rings. The predicted molar refractivity (Wildman–Crippen MR) is 109 cm³/mol. The number of nitrogens with zero attached hydrogens (tertiary/aromatic N) is 4. The van der Waals surface area contributed by atoms with Crippen LogP contribution in [0.5, 0.6) is 5.75 Å². The summed E-state index contributed by atoms with van der Waals surface area (Å²) in [7, 11) is 0. The Kier molecular flexibility index (Phi) is 4.97. The highest BCUT2D eigenvalue weighted by Gasteiger charge is 2.11. The number of anilines is 1. The van der Waals surface area contributed by atoms with Gasteiger partial charge in [0.15, 0.2) is 12.4 Å². The Morgan fingerprint density at radius 3 is 2.86 bits per heavy atom. The maximum atomic E-state index is 12.2. The second-order valence-corrected chi connectivity index (χ2v) is 7.54. The zero-order valence-electron chi connectivity index (χ0n) is 15.1. The lowest BCUT2D eigenvalue weighted by Crippen LogP contribution is -2.20. The Hall–Kier alpha value is -2.97. The number of rotatable bonds is 5. The Labute approximate surface area is 169 Å². The van der Waals surface area contributed by atoms with E-state index in [4.69, 9.17) is 16.3 Å². The van der Waals surface area contributed by atoms with E-state index in [1.54, 1.807) is 22.7 Å². The zero-order chi connectivity index (χ0) is 19.7. The molecule has 0 aliphatic heterocycles. The minimum Gasteiger partial charge on any atom is -0.484 e. The number of aromatic nitrogens is 4. The van der Waals surface area contributed by atoms with Crippen molar-refractivity contribution in [3.63, 3.8) is 0 Å². The molecular weight excluding hydrogens is 398 g/mol. The maximum Gasteiger partial charge on any atom is 0.262 e. The molecule has 0 bridgehead atoms. The second kappa shape index (κ2) is 7.57. The molecule has 0 radical (unpaired) electrons. The van der Waals surface area contributed by atoms with Crippen molar-refractivity contribution in [2.45, 2.75) is 13.8 Å². The van der Waals surface area contributed by atoms with Crippen LogP contribution in [-0.4, -0.2) is 32.3 Å². The number of nitrogens with one attached hydrogen (secondary N) is 1. The largest absolute Gasteiger partial charge is 0.484 e. The van der Waals surface area contributed by atoms with Crippen LogP contribution >= 0.6 is 22.9 Å². The summed E-state index contributed by atoms with van der Waals surface area (Å²) in [5, 5.41) is 16.9. The molecule has 0 aliphatic rings. The molecule has 0 atom stereocenters. The van der Waals surface area contributed by atoms with Crippen LogP contribution in [0.3, 0.4) is 0 Å². The molecule has 0 aliphatic carbocycles. The molecule has 0 saturated carbocycles.